The first-order chi connectivity index (χ1) is 20.0. The van der Waals surface area contributed by atoms with Crippen molar-refractivity contribution in [3.8, 4) is 17.1 Å². The number of aromatic amines is 1. The first kappa shape index (κ1) is 26.8. The van der Waals surface area contributed by atoms with Gasteiger partial charge in [0.15, 0.2) is 0 Å². The summed E-state index contributed by atoms with van der Waals surface area (Å²) in [6, 6.07) is 12.2. The Morgan fingerprint density at radius 2 is 1.88 bits per heavy atom. The molecule has 41 heavy (non-hydrogen) atoms. The molecular weight excluding hydrogens is 527 g/mol. The quantitative estimate of drug-likeness (QED) is 0.253. The van der Waals surface area contributed by atoms with Crippen LogP contribution in [-0.4, -0.2) is 78.3 Å². The van der Waals surface area contributed by atoms with Gasteiger partial charge in [0, 0.05) is 50.2 Å². The summed E-state index contributed by atoms with van der Waals surface area (Å²) in [7, 11) is 1.64. The monoisotopic (exact) mass is 560 g/mol. The molecule has 2 fully saturated rings. The lowest BCUT2D eigenvalue weighted by Gasteiger charge is -2.40. The van der Waals surface area contributed by atoms with E-state index in [1.54, 1.807) is 19.4 Å². The molecule has 4 aliphatic heterocycles. The lowest BCUT2D eigenvalue weighted by molar-refractivity contribution is 0.0115. The molecular formula is C29H33FN8O3. The molecule has 0 aliphatic carbocycles. The second kappa shape index (κ2) is 11.6. The summed E-state index contributed by atoms with van der Waals surface area (Å²) in [5.74, 6) is 0.796. The Morgan fingerprint density at radius 1 is 1.07 bits per heavy atom. The number of morpholine rings is 1. The van der Waals surface area contributed by atoms with Crippen molar-refractivity contribution in [3.63, 3.8) is 0 Å². The number of halogens is 1. The molecule has 0 radical (unpaired) electrons. The van der Waals surface area contributed by atoms with E-state index in [4.69, 9.17) is 15.2 Å². The van der Waals surface area contributed by atoms with E-state index in [-0.39, 0.29) is 11.3 Å². The lowest BCUT2D eigenvalue weighted by atomic mass is 10.0. The Kier molecular flexibility index (Phi) is 7.57. The van der Waals surface area contributed by atoms with Crippen LogP contribution in [0.1, 0.15) is 23.2 Å². The van der Waals surface area contributed by atoms with Crippen molar-refractivity contribution in [3.05, 3.63) is 60.0 Å². The van der Waals surface area contributed by atoms with Crippen LogP contribution in [0.5, 0.6) is 5.75 Å². The van der Waals surface area contributed by atoms with Crippen LogP contribution in [0.25, 0.3) is 11.4 Å². The maximum absolute atomic E-state index is 14.0. The number of piperidine rings is 1. The van der Waals surface area contributed by atoms with Crippen LogP contribution in [0.3, 0.4) is 0 Å². The van der Waals surface area contributed by atoms with Gasteiger partial charge in [-0.15, -0.1) is 0 Å². The van der Waals surface area contributed by atoms with E-state index >= 15 is 0 Å². The number of methoxy groups -OCH3 is 1. The van der Waals surface area contributed by atoms with Crippen molar-refractivity contribution >= 4 is 34.7 Å². The minimum Gasteiger partial charge on any atom is -0.494 e. The number of H-pyrrole nitrogens is 1. The van der Waals surface area contributed by atoms with Crippen LogP contribution in [0.2, 0.25) is 0 Å². The molecule has 6 rings (SSSR count). The number of hydrogen-bond donors (Lipinski definition) is 4. The Labute approximate surface area is 237 Å². The lowest BCUT2D eigenvalue weighted by Crippen LogP contribution is -2.49. The van der Waals surface area contributed by atoms with E-state index in [0.717, 1.165) is 57.9 Å². The van der Waals surface area contributed by atoms with Crippen LogP contribution in [0.15, 0.2) is 48.7 Å². The number of anilines is 5. The topological polar surface area (TPSA) is 134 Å². The summed E-state index contributed by atoms with van der Waals surface area (Å²) in [6.07, 6.45) is 3.87. The first-order valence-electron chi connectivity index (χ1n) is 13.7. The normalized spacial score (nSPS) is 16.6. The van der Waals surface area contributed by atoms with E-state index in [0.29, 0.717) is 40.6 Å². The number of amides is 1. The zero-order valence-corrected chi connectivity index (χ0v) is 22.8. The van der Waals surface area contributed by atoms with Gasteiger partial charge in [0.1, 0.15) is 23.2 Å². The maximum Gasteiger partial charge on any atom is 0.250 e. The summed E-state index contributed by atoms with van der Waals surface area (Å²) in [6.45, 7) is 5.64. The molecule has 12 heteroatoms. The standard InChI is InChI=1S/C29H33FN8O3/c1-40-25-17-20(37-10-7-19(8-11-37)38-12-14-41-15-13-38)3-5-23(25)34-29-35-27-22(6-9-32-27)28(36-29)33-24-16-18(30)2-4-21(24)26(31)39/h2-6,9,16-17,19H,7-8,10-15H2,1H3,(H2,31,39)(H3,32,33,34,35,36). The Bertz CT molecular complexity index is 1500. The molecule has 0 spiro atoms. The molecule has 214 valence electrons. The number of nitrogens with one attached hydrogen (secondary N) is 3. The minimum absolute atomic E-state index is 0.148. The molecule has 4 aliphatic rings. The third kappa shape index (κ3) is 5.74. The van der Waals surface area contributed by atoms with Crippen LogP contribution >= 0.6 is 0 Å². The summed E-state index contributed by atoms with van der Waals surface area (Å²) < 4.78 is 25.3. The van der Waals surface area contributed by atoms with Crippen molar-refractivity contribution in [1.82, 2.24) is 19.9 Å². The Hall–Kier alpha value is -4.42. The molecule has 4 heterocycles. The number of carbonyl (C=O) groups is 1. The summed E-state index contributed by atoms with van der Waals surface area (Å²) >= 11 is 0. The number of rotatable bonds is 8. The number of fused-ring (bicyclic) bond motifs is 1. The van der Waals surface area contributed by atoms with Gasteiger partial charge in [-0.2, -0.15) is 4.98 Å². The van der Waals surface area contributed by atoms with Gasteiger partial charge in [-0.3, -0.25) is 9.69 Å². The van der Waals surface area contributed by atoms with Crippen molar-refractivity contribution in [2.45, 2.75) is 18.9 Å². The third-order valence-corrected chi connectivity index (χ3v) is 7.75. The molecule has 11 nitrogen and oxygen atoms in total. The van der Waals surface area contributed by atoms with Crippen molar-refractivity contribution < 1.29 is 18.7 Å². The number of carbonyl (C=O) groups excluding carboxylic acids is 1. The van der Waals surface area contributed by atoms with Gasteiger partial charge < -0.3 is 35.7 Å². The number of primary amides is 1. The number of nitrogens with zero attached hydrogens (tertiary/aromatic N) is 4. The van der Waals surface area contributed by atoms with Gasteiger partial charge in [0.05, 0.1) is 42.8 Å². The minimum atomic E-state index is -0.680. The van der Waals surface area contributed by atoms with Crippen LogP contribution in [0.4, 0.5) is 33.2 Å². The molecule has 1 amide bonds. The number of hydrogen-bond acceptors (Lipinski definition) is 9. The van der Waals surface area contributed by atoms with E-state index in [2.05, 4.69) is 41.5 Å². The van der Waals surface area contributed by atoms with Crippen LogP contribution in [0, 0.1) is 5.82 Å². The Morgan fingerprint density at radius 3 is 2.63 bits per heavy atom. The van der Waals surface area contributed by atoms with Gasteiger partial charge >= 0.3 is 0 Å². The molecule has 0 unspecified atom stereocenters. The van der Waals surface area contributed by atoms with E-state index in [9.17, 15) is 9.18 Å². The van der Waals surface area contributed by atoms with Gasteiger partial charge in [-0.25, -0.2) is 9.37 Å². The summed E-state index contributed by atoms with van der Waals surface area (Å²) in [4.78, 5) is 29.1. The number of benzene rings is 2. The predicted octanol–water partition coefficient (Wildman–Crippen LogP) is 3.94. The predicted molar refractivity (Wildman–Crippen MR) is 155 cm³/mol. The fraction of sp³-hybridized carbons (Fsp3) is 0.345. The zero-order valence-electron chi connectivity index (χ0n) is 22.8. The zero-order chi connectivity index (χ0) is 28.3. The third-order valence-electron chi connectivity index (χ3n) is 7.75. The molecule has 0 atom stereocenters. The Balaban J connectivity index is 1.21. The van der Waals surface area contributed by atoms with Crippen LogP contribution in [-0.2, 0) is 4.74 Å². The molecule has 0 aromatic heterocycles. The molecule has 0 bridgehead atoms. The van der Waals surface area contributed by atoms with Crippen molar-refractivity contribution in [1.29, 1.82) is 0 Å². The average Bonchev–Trinajstić information content (AvgIpc) is 3.47. The number of nitrogens with two attached hydrogens (primary N) is 1. The summed E-state index contributed by atoms with van der Waals surface area (Å²) in [5, 5.41) is 6.34. The summed E-state index contributed by atoms with van der Waals surface area (Å²) in [5.41, 5.74) is 8.34. The van der Waals surface area contributed by atoms with Gasteiger partial charge in [0.25, 0.3) is 5.91 Å². The van der Waals surface area contributed by atoms with Gasteiger partial charge in [-0.05, 0) is 49.2 Å². The molecule has 2 aromatic rings. The average molecular weight is 561 g/mol. The molecule has 2 aromatic carbocycles. The fourth-order valence-corrected chi connectivity index (χ4v) is 5.59. The second-order valence-corrected chi connectivity index (χ2v) is 10.2. The van der Waals surface area contributed by atoms with E-state index < -0.39 is 11.7 Å². The number of ether oxygens (including phenoxy) is 2. The van der Waals surface area contributed by atoms with Gasteiger partial charge in [0.2, 0.25) is 5.95 Å². The number of aromatic nitrogens is 3. The largest absolute Gasteiger partial charge is 0.494 e. The first-order valence-corrected chi connectivity index (χ1v) is 13.7. The highest BCUT2D eigenvalue weighted by atomic mass is 19.1. The molecule has 2 saturated heterocycles. The van der Waals surface area contributed by atoms with Crippen molar-refractivity contribution in [2.75, 3.05) is 62.0 Å². The highest BCUT2D eigenvalue weighted by Crippen LogP contribution is 2.35. The molecule has 0 saturated carbocycles. The highest BCUT2D eigenvalue weighted by molar-refractivity contribution is 5.99. The molecule has 5 N–H and O–H groups in total. The van der Waals surface area contributed by atoms with Crippen LogP contribution < -0.4 is 26.0 Å². The second-order valence-electron chi connectivity index (χ2n) is 10.2. The fourth-order valence-electron chi connectivity index (χ4n) is 5.59. The highest BCUT2D eigenvalue weighted by Gasteiger charge is 2.26. The maximum atomic E-state index is 14.0. The van der Waals surface area contributed by atoms with Crippen molar-refractivity contribution in [2.24, 2.45) is 5.73 Å². The smallest absolute Gasteiger partial charge is 0.250 e. The SMILES string of the molecule is COc1cc(N2CCC(N3CCOCC3)CC2)ccc1Nc1nc(Nc2cc(F)ccc2C(N)=O)c2ccnc-2[nH]1. The van der Waals surface area contributed by atoms with Gasteiger partial charge in [-0.1, -0.05) is 0 Å². The van der Waals surface area contributed by atoms with E-state index in [1.807, 2.05) is 12.1 Å². The van der Waals surface area contributed by atoms with E-state index in [1.165, 1.54) is 18.2 Å².